The monoisotopic (exact) mass is 474 g/mol. The van der Waals surface area contributed by atoms with Gasteiger partial charge in [0.25, 0.3) is 11.2 Å². The van der Waals surface area contributed by atoms with Crippen LogP contribution in [0.2, 0.25) is 0 Å². The molecule has 9 heteroatoms. The highest BCUT2D eigenvalue weighted by atomic mass is 32.2. The summed E-state index contributed by atoms with van der Waals surface area (Å²) >= 11 is 1.12. The third kappa shape index (κ3) is 4.99. The molecule has 1 aromatic heterocycles. The summed E-state index contributed by atoms with van der Waals surface area (Å²) in [5.74, 6) is 0.194. The van der Waals surface area contributed by atoms with Gasteiger partial charge in [0.2, 0.25) is 5.91 Å². The Morgan fingerprint density at radius 3 is 2.38 bits per heavy atom. The van der Waals surface area contributed by atoms with Gasteiger partial charge in [-0.1, -0.05) is 49.9 Å². The number of fused-ring (bicyclic) bond motifs is 1. The van der Waals surface area contributed by atoms with E-state index in [9.17, 15) is 19.7 Å². The van der Waals surface area contributed by atoms with Crippen LogP contribution in [0.15, 0.2) is 82.7 Å². The van der Waals surface area contributed by atoms with Crippen LogP contribution in [0.5, 0.6) is 0 Å². The number of nitrogens with one attached hydrogen (secondary N) is 1. The number of benzene rings is 3. The summed E-state index contributed by atoms with van der Waals surface area (Å²) in [6, 6.07) is 20.3. The highest BCUT2D eigenvalue weighted by Gasteiger charge is 2.16. The zero-order chi connectivity index (χ0) is 24.2. The van der Waals surface area contributed by atoms with E-state index < -0.39 is 4.92 Å². The van der Waals surface area contributed by atoms with Gasteiger partial charge >= 0.3 is 0 Å². The van der Waals surface area contributed by atoms with Crippen molar-refractivity contribution in [2.75, 3.05) is 11.1 Å². The summed E-state index contributed by atoms with van der Waals surface area (Å²) < 4.78 is 1.38. The minimum Gasteiger partial charge on any atom is -0.325 e. The second kappa shape index (κ2) is 9.88. The normalized spacial score (nSPS) is 11.0. The van der Waals surface area contributed by atoms with E-state index in [1.807, 2.05) is 24.3 Å². The molecular formula is C25H22N4O4S. The number of amides is 1. The second-order valence-electron chi connectivity index (χ2n) is 7.94. The molecule has 0 aliphatic carbocycles. The SMILES string of the molecule is CC(C)c1ccc(NC(=O)CSc2nc3ccccc3c(=O)n2-c2ccc([N+](=O)[O-])cc2)cc1. The number of para-hydroxylation sites is 1. The van der Waals surface area contributed by atoms with E-state index in [0.717, 1.165) is 11.8 Å². The lowest BCUT2D eigenvalue weighted by molar-refractivity contribution is -0.384. The minimum atomic E-state index is -0.501. The molecule has 1 amide bonds. The molecule has 172 valence electrons. The van der Waals surface area contributed by atoms with Crippen molar-refractivity contribution in [3.8, 4) is 5.69 Å². The van der Waals surface area contributed by atoms with Gasteiger partial charge in [0.05, 0.1) is 27.3 Å². The maximum atomic E-state index is 13.3. The van der Waals surface area contributed by atoms with Crippen LogP contribution in [-0.2, 0) is 4.79 Å². The average Bonchev–Trinajstić information content (AvgIpc) is 2.83. The maximum absolute atomic E-state index is 13.3. The quantitative estimate of drug-likeness (QED) is 0.172. The predicted octanol–water partition coefficient (Wildman–Crippen LogP) is 5.15. The fraction of sp³-hybridized carbons (Fsp3) is 0.160. The number of thioether (sulfide) groups is 1. The minimum absolute atomic E-state index is 0.0314. The van der Waals surface area contributed by atoms with Gasteiger partial charge < -0.3 is 5.32 Å². The largest absolute Gasteiger partial charge is 0.325 e. The molecule has 1 N–H and O–H groups in total. The molecule has 0 aliphatic rings. The Balaban J connectivity index is 1.62. The molecule has 4 rings (SSSR count). The summed E-state index contributed by atoms with van der Waals surface area (Å²) in [6.45, 7) is 4.20. The molecule has 0 atom stereocenters. The van der Waals surface area contributed by atoms with Gasteiger partial charge in [-0.25, -0.2) is 4.98 Å². The molecule has 1 heterocycles. The molecule has 4 aromatic rings. The molecule has 0 bridgehead atoms. The van der Waals surface area contributed by atoms with Gasteiger partial charge in [-0.3, -0.25) is 24.3 Å². The Kier molecular flexibility index (Phi) is 6.74. The Morgan fingerprint density at radius 2 is 1.74 bits per heavy atom. The van der Waals surface area contributed by atoms with Crippen LogP contribution in [-0.4, -0.2) is 26.1 Å². The first-order valence-corrected chi connectivity index (χ1v) is 11.6. The molecule has 0 unspecified atom stereocenters. The molecular weight excluding hydrogens is 452 g/mol. The molecule has 0 saturated carbocycles. The molecule has 3 aromatic carbocycles. The molecule has 34 heavy (non-hydrogen) atoms. The molecule has 8 nitrogen and oxygen atoms in total. The molecule has 0 saturated heterocycles. The van der Waals surface area contributed by atoms with Gasteiger partial charge in [-0.15, -0.1) is 0 Å². The standard InChI is InChI=1S/C25H22N4O4S/c1-16(2)17-7-9-18(10-8-17)26-23(30)15-34-25-27-22-6-4-3-5-21(22)24(31)28(25)19-11-13-20(14-12-19)29(32)33/h3-14,16H,15H2,1-2H3,(H,26,30). The number of anilines is 1. The number of hydrogen-bond acceptors (Lipinski definition) is 6. The second-order valence-corrected chi connectivity index (χ2v) is 8.88. The van der Waals surface area contributed by atoms with E-state index in [2.05, 4.69) is 24.1 Å². The van der Waals surface area contributed by atoms with Crippen molar-refractivity contribution >= 4 is 39.9 Å². The average molecular weight is 475 g/mol. The van der Waals surface area contributed by atoms with Crippen molar-refractivity contribution in [2.45, 2.75) is 24.9 Å². The highest BCUT2D eigenvalue weighted by Crippen LogP contribution is 2.23. The van der Waals surface area contributed by atoms with Crippen molar-refractivity contribution in [3.05, 3.63) is 98.8 Å². The molecule has 0 spiro atoms. The van der Waals surface area contributed by atoms with Crippen molar-refractivity contribution in [3.63, 3.8) is 0 Å². The van der Waals surface area contributed by atoms with E-state index in [0.29, 0.717) is 33.4 Å². The lowest BCUT2D eigenvalue weighted by atomic mass is 10.0. The zero-order valence-electron chi connectivity index (χ0n) is 18.6. The van der Waals surface area contributed by atoms with E-state index in [1.54, 1.807) is 24.3 Å². The Labute approximate surface area is 199 Å². The van der Waals surface area contributed by atoms with Gasteiger partial charge in [0.1, 0.15) is 0 Å². The summed E-state index contributed by atoms with van der Waals surface area (Å²) in [6.07, 6.45) is 0. The summed E-state index contributed by atoms with van der Waals surface area (Å²) in [7, 11) is 0. The predicted molar refractivity (Wildman–Crippen MR) is 134 cm³/mol. The van der Waals surface area contributed by atoms with Crippen LogP contribution < -0.4 is 10.9 Å². The third-order valence-electron chi connectivity index (χ3n) is 5.26. The van der Waals surface area contributed by atoms with Gasteiger partial charge in [0, 0.05) is 17.8 Å². The summed E-state index contributed by atoms with van der Waals surface area (Å²) in [5, 5.41) is 14.6. The molecule has 0 aliphatic heterocycles. The van der Waals surface area contributed by atoms with Crippen molar-refractivity contribution in [1.82, 2.24) is 9.55 Å². The number of rotatable bonds is 7. The fourth-order valence-electron chi connectivity index (χ4n) is 3.44. The van der Waals surface area contributed by atoms with Crippen LogP contribution in [0.3, 0.4) is 0 Å². The Hall–Kier alpha value is -3.98. The van der Waals surface area contributed by atoms with E-state index in [4.69, 9.17) is 0 Å². The van der Waals surface area contributed by atoms with E-state index >= 15 is 0 Å². The first kappa shape index (κ1) is 23.2. The number of aromatic nitrogens is 2. The number of carbonyl (C=O) groups is 1. The Morgan fingerprint density at radius 1 is 1.06 bits per heavy atom. The van der Waals surface area contributed by atoms with Gasteiger partial charge in [-0.2, -0.15) is 0 Å². The maximum Gasteiger partial charge on any atom is 0.269 e. The Bertz CT molecular complexity index is 1410. The van der Waals surface area contributed by atoms with Crippen molar-refractivity contribution < 1.29 is 9.72 Å². The number of hydrogen-bond donors (Lipinski definition) is 1. The summed E-state index contributed by atoms with van der Waals surface area (Å²) in [4.78, 5) is 41.0. The van der Waals surface area contributed by atoms with Gasteiger partial charge in [-0.05, 0) is 47.9 Å². The van der Waals surface area contributed by atoms with Crippen molar-refractivity contribution in [2.24, 2.45) is 0 Å². The van der Waals surface area contributed by atoms with E-state index in [-0.39, 0.29) is 22.9 Å². The lowest BCUT2D eigenvalue weighted by Gasteiger charge is -2.13. The first-order valence-electron chi connectivity index (χ1n) is 10.6. The van der Waals surface area contributed by atoms with Gasteiger partial charge in [0.15, 0.2) is 5.16 Å². The number of nitro groups is 1. The fourth-order valence-corrected chi connectivity index (χ4v) is 4.25. The summed E-state index contributed by atoms with van der Waals surface area (Å²) in [5.41, 5.74) is 2.42. The molecule has 0 fully saturated rings. The highest BCUT2D eigenvalue weighted by molar-refractivity contribution is 7.99. The van der Waals surface area contributed by atoms with Crippen LogP contribution in [0.1, 0.15) is 25.3 Å². The van der Waals surface area contributed by atoms with Crippen LogP contribution in [0.4, 0.5) is 11.4 Å². The number of nitro benzene ring substituents is 1. The third-order valence-corrected chi connectivity index (χ3v) is 6.20. The lowest BCUT2D eigenvalue weighted by Crippen LogP contribution is -2.23. The smallest absolute Gasteiger partial charge is 0.269 e. The zero-order valence-corrected chi connectivity index (χ0v) is 19.4. The van der Waals surface area contributed by atoms with Crippen LogP contribution >= 0.6 is 11.8 Å². The number of non-ortho nitro benzene ring substituents is 1. The van der Waals surface area contributed by atoms with Crippen molar-refractivity contribution in [1.29, 1.82) is 0 Å². The molecule has 0 radical (unpaired) electrons. The first-order chi connectivity index (χ1) is 16.3. The van der Waals surface area contributed by atoms with E-state index in [1.165, 1.54) is 34.4 Å². The topological polar surface area (TPSA) is 107 Å². The number of nitrogens with zero attached hydrogens (tertiary/aromatic N) is 3. The van der Waals surface area contributed by atoms with Crippen LogP contribution in [0.25, 0.3) is 16.6 Å². The number of carbonyl (C=O) groups excluding carboxylic acids is 1. The van der Waals surface area contributed by atoms with Crippen LogP contribution in [0, 0.1) is 10.1 Å².